The van der Waals surface area contributed by atoms with Crippen LogP contribution in [-0.4, -0.2) is 66.0 Å². The molecule has 8 heteroatoms. The molecule has 198 valence electrons. The Hall–Kier alpha value is -3.29. The molecule has 0 saturated carbocycles. The molecule has 1 aliphatic heterocycles. The van der Waals surface area contributed by atoms with Gasteiger partial charge in [-0.3, -0.25) is 9.59 Å². The second-order valence-electron chi connectivity index (χ2n) is 8.62. The number of benzene rings is 2. The number of halogens is 1. The van der Waals surface area contributed by atoms with Crippen molar-refractivity contribution in [1.29, 1.82) is 0 Å². The third-order valence-corrected chi connectivity index (χ3v) is 6.62. The van der Waals surface area contributed by atoms with Gasteiger partial charge in [-0.25, -0.2) is 0 Å². The second-order valence-corrected chi connectivity index (χ2v) is 9.06. The molecule has 0 bridgehead atoms. The van der Waals surface area contributed by atoms with Gasteiger partial charge in [-0.15, -0.1) is 0 Å². The van der Waals surface area contributed by atoms with Gasteiger partial charge in [-0.1, -0.05) is 44.2 Å². The summed E-state index contributed by atoms with van der Waals surface area (Å²) in [7, 11) is 0. The molecule has 1 amide bonds. The molecule has 3 rings (SSSR count). The zero-order valence-corrected chi connectivity index (χ0v) is 22.5. The molecule has 7 nitrogen and oxygen atoms in total. The molecule has 1 fully saturated rings. The first-order chi connectivity index (χ1) is 17.9. The summed E-state index contributed by atoms with van der Waals surface area (Å²) in [6.07, 6.45) is 2.32. The highest BCUT2D eigenvalue weighted by Gasteiger charge is 2.46. The van der Waals surface area contributed by atoms with Crippen LogP contribution in [-0.2, 0) is 9.59 Å². The molecule has 0 radical (unpaired) electrons. The van der Waals surface area contributed by atoms with E-state index < -0.39 is 17.7 Å². The number of likely N-dealkylation sites (tertiary alicyclic amines) is 1. The normalized spacial score (nSPS) is 16.9. The lowest BCUT2D eigenvalue weighted by atomic mass is 9.95. The maximum atomic E-state index is 13.3. The average Bonchev–Trinajstić information content (AvgIpc) is 3.15. The molecule has 2 aromatic carbocycles. The summed E-state index contributed by atoms with van der Waals surface area (Å²) in [5.74, 6) is -0.574. The Morgan fingerprint density at radius 2 is 1.78 bits per heavy atom. The Morgan fingerprint density at radius 1 is 1.08 bits per heavy atom. The van der Waals surface area contributed by atoms with Crippen LogP contribution in [0.1, 0.15) is 44.4 Å². The molecule has 1 saturated heterocycles. The van der Waals surface area contributed by atoms with Gasteiger partial charge in [-0.05, 0) is 74.9 Å². The van der Waals surface area contributed by atoms with Gasteiger partial charge in [0, 0.05) is 17.1 Å². The third kappa shape index (κ3) is 6.53. The topological polar surface area (TPSA) is 79.3 Å². The first kappa shape index (κ1) is 28.3. The number of ether oxygens (including phenoxy) is 2. The fourth-order valence-electron chi connectivity index (χ4n) is 4.46. The average molecular weight is 527 g/mol. The second kappa shape index (κ2) is 13.3. The predicted octanol–water partition coefficient (Wildman–Crippen LogP) is 5.46. The van der Waals surface area contributed by atoms with Crippen LogP contribution in [0.5, 0.6) is 11.5 Å². The molecular formula is C29H35ClN2O5. The number of carbonyl (C=O) groups is 2. The number of carbonyl (C=O) groups excluding carboxylic acids is 2. The van der Waals surface area contributed by atoms with Crippen molar-refractivity contribution in [2.75, 3.05) is 39.4 Å². The van der Waals surface area contributed by atoms with E-state index in [1.165, 1.54) is 0 Å². The molecular weight excluding hydrogens is 492 g/mol. The SMILES string of the molecule is C=CCOc1ccc(C2/C(=C(\O)c3ccc(Cl)cc3)C(=O)C(=O)N2CCCN(CC)CC)cc1OCC. The number of nitrogens with zero attached hydrogens (tertiary/aromatic N) is 2. The van der Waals surface area contributed by atoms with Crippen molar-refractivity contribution < 1.29 is 24.2 Å². The van der Waals surface area contributed by atoms with Gasteiger partial charge in [0.05, 0.1) is 18.2 Å². The van der Waals surface area contributed by atoms with Gasteiger partial charge in [0.2, 0.25) is 0 Å². The minimum Gasteiger partial charge on any atom is -0.507 e. The lowest BCUT2D eigenvalue weighted by Gasteiger charge is -2.27. The number of ketones is 1. The van der Waals surface area contributed by atoms with Crippen LogP contribution >= 0.6 is 11.6 Å². The maximum absolute atomic E-state index is 13.3. The summed E-state index contributed by atoms with van der Waals surface area (Å²) in [6.45, 7) is 13.4. The van der Waals surface area contributed by atoms with Gasteiger partial charge in [0.25, 0.3) is 11.7 Å². The summed E-state index contributed by atoms with van der Waals surface area (Å²) in [6, 6.07) is 11.0. The van der Waals surface area contributed by atoms with Crippen LogP contribution in [0, 0.1) is 0 Å². The fourth-order valence-corrected chi connectivity index (χ4v) is 4.58. The van der Waals surface area contributed by atoms with Crippen LogP contribution < -0.4 is 9.47 Å². The van der Waals surface area contributed by atoms with Crippen molar-refractivity contribution >= 4 is 29.1 Å². The number of rotatable bonds is 13. The standard InChI is InChI=1S/C29H35ClN2O5/c1-5-18-37-23-15-12-21(19-24(23)36-8-4)26-25(27(33)20-10-13-22(30)14-11-20)28(34)29(35)32(26)17-9-16-31(6-2)7-3/h5,10-15,19,26,33H,1,6-9,16-18H2,2-4H3/b27-25+. The predicted molar refractivity (Wildman–Crippen MR) is 146 cm³/mol. The van der Waals surface area contributed by atoms with E-state index in [1.54, 1.807) is 53.4 Å². The van der Waals surface area contributed by atoms with E-state index in [0.717, 1.165) is 19.6 Å². The number of hydrogen-bond donors (Lipinski definition) is 1. The Balaban J connectivity index is 2.09. The summed E-state index contributed by atoms with van der Waals surface area (Å²) in [5.41, 5.74) is 1.09. The van der Waals surface area contributed by atoms with Crippen LogP contribution in [0.3, 0.4) is 0 Å². The maximum Gasteiger partial charge on any atom is 0.295 e. The molecule has 0 spiro atoms. The first-order valence-corrected chi connectivity index (χ1v) is 13.0. The van der Waals surface area contributed by atoms with Gasteiger partial charge in [0.15, 0.2) is 11.5 Å². The van der Waals surface area contributed by atoms with E-state index in [1.807, 2.05) is 6.92 Å². The largest absolute Gasteiger partial charge is 0.507 e. The van der Waals surface area contributed by atoms with Crippen molar-refractivity contribution in [3.05, 3.63) is 76.8 Å². The molecule has 1 unspecified atom stereocenters. The fraction of sp³-hybridized carbons (Fsp3) is 0.379. The third-order valence-electron chi connectivity index (χ3n) is 6.37. The highest BCUT2D eigenvalue weighted by Crippen LogP contribution is 2.42. The van der Waals surface area contributed by atoms with Gasteiger partial charge >= 0.3 is 0 Å². The molecule has 1 aliphatic rings. The van der Waals surface area contributed by atoms with Crippen LogP contribution in [0.4, 0.5) is 0 Å². The van der Waals surface area contributed by atoms with E-state index in [9.17, 15) is 14.7 Å². The minimum absolute atomic E-state index is 0.0392. The lowest BCUT2D eigenvalue weighted by Crippen LogP contribution is -2.33. The molecule has 1 atom stereocenters. The summed E-state index contributed by atoms with van der Waals surface area (Å²) < 4.78 is 11.5. The van der Waals surface area contributed by atoms with E-state index >= 15 is 0 Å². The monoisotopic (exact) mass is 526 g/mol. The number of amides is 1. The van der Waals surface area contributed by atoms with E-state index in [0.29, 0.717) is 53.8 Å². The highest BCUT2D eigenvalue weighted by molar-refractivity contribution is 6.46. The van der Waals surface area contributed by atoms with Crippen molar-refractivity contribution in [2.24, 2.45) is 0 Å². The summed E-state index contributed by atoms with van der Waals surface area (Å²) in [5, 5.41) is 11.7. The van der Waals surface area contributed by atoms with E-state index in [4.69, 9.17) is 21.1 Å². The summed E-state index contributed by atoms with van der Waals surface area (Å²) in [4.78, 5) is 30.4. The Labute approximate surface area is 223 Å². The smallest absolute Gasteiger partial charge is 0.295 e. The Bertz CT molecular complexity index is 1140. The molecule has 1 N–H and O–H groups in total. The van der Waals surface area contributed by atoms with Gasteiger partial charge in [-0.2, -0.15) is 0 Å². The van der Waals surface area contributed by atoms with Crippen LogP contribution in [0.2, 0.25) is 5.02 Å². The summed E-state index contributed by atoms with van der Waals surface area (Å²) >= 11 is 6.02. The van der Waals surface area contributed by atoms with Crippen molar-refractivity contribution in [2.45, 2.75) is 33.2 Å². The zero-order chi connectivity index (χ0) is 26.9. The van der Waals surface area contributed by atoms with Crippen molar-refractivity contribution in [3.63, 3.8) is 0 Å². The highest BCUT2D eigenvalue weighted by atomic mass is 35.5. The Morgan fingerprint density at radius 3 is 2.41 bits per heavy atom. The number of Topliss-reactive ketones (excluding diaryl/α,β-unsaturated/α-hetero) is 1. The van der Waals surface area contributed by atoms with Gasteiger partial charge < -0.3 is 24.4 Å². The van der Waals surface area contributed by atoms with Crippen LogP contribution in [0.25, 0.3) is 5.76 Å². The Kier molecular flexibility index (Phi) is 10.2. The van der Waals surface area contributed by atoms with E-state index in [-0.39, 0.29) is 11.3 Å². The number of hydrogen-bond acceptors (Lipinski definition) is 6. The molecule has 2 aromatic rings. The lowest BCUT2D eigenvalue weighted by molar-refractivity contribution is -0.140. The quantitative estimate of drug-likeness (QED) is 0.162. The van der Waals surface area contributed by atoms with E-state index in [2.05, 4.69) is 25.3 Å². The minimum atomic E-state index is -0.778. The van der Waals surface area contributed by atoms with Crippen molar-refractivity contribution in [3.8, 4) is 11.5 Å². The van der Waals surface area contributed by atoms with Gasteiger partial charge in [0.1, 0.15) is 12.4 Å². The number of aliphatic hydroxyl groups excluding tert-OH is 1. The number of aliphatic hydroxyl groups is 1. The zero-order valence-electron chi connectivity index (χ0n) is 21.7. The molecule has 0 aliphatic carbocycles. The molecule has 0 aromatic heterocycles. The van der Waals surface area contributed by atoms with Crippen molar-refractivity contribution in [1.82, 2.24) is 9.80 Å². The molecule has 1 heterocycles. The first-order valence-electron chi connectivity index (χ1n) is 12.6. The molecule has 37 heavy (non-hydrogen) atoms. The van der Waals surface area contributed by atoms with Crippen LogP contribution in [0.15, 0.2) is 60.7 Å².